The first-order valence-corrected chi connectivity index (χ1v) is 4.62. The minimum absolute atomic E-state index is 0.981. The Bertz CT molecular complexity index is 205. The highest BCUT2D eigenvalue weighted by atomic mass is 14.9. The normalized spacial score (nSPS) is 9.83. The molecule has 0 aliphatic carbocycles. The molecule has 1 N–H and O–H groups in total. The minimum Gasteiger partial charge on any atom is -0.385 e. The lowest BCUT2D eigenvalue weighted by Crippen LogP contribution is -2.00. The Kier molecular flexibility index (Phi) is 3.65. The average Bonchev–Trinajstić information content (AvgIpc) is 2.09. The maximum Gasteiger partial charge on any atom is 0.0378 e. The van der Waals surface area contributed by atoms with Crippen LogP contribution in [0.5, 0.6) is 0 Å². The third kappa shape index (κ3) is 2.26. The fourth-order valence-electron chi connectivity index (χ4n) is 1.28. The van der Waals surface area contributed by atoms with Crippen molar-refractivity contribution in [1.29, 1.82) is 0 Å². The number of hydrogen-bond acceptors (Lipinski definition) is 1. The first-order chi connectivity index (χ1) is 5.88. The summed E-state index contributed by atoms with van der Waals surface area (Å²) in [6.45, 7) is 5.29. The van der Waals surface area contributed by atoms with E-state index < -0.39 is 0 Å². The van der Waals surface area contributed by atoms with Gasteiger partial charge in [-0.05, 0) is 31.0 Å². The zero-order valence-corrected chi connectivity index (χ0v) is 7.85. The molecule has 1 rings (SSSR count). The minimum atomic E-state index is 0.981. The van der Waals surface area contributed by atoms with E-state index in [9.17, 15) is 0 Å². The molecule has 0 aliphatic heterocycles. The molecule has 0 aromatic heterocycles. The highest BCUT2D eigenvalue weighted by Crippen LogP contribution is 2.15. The van der Waals surface area contributed by atoms with Gasteiger partial charge in [0.1, 0.15) is 0 Å². The molecule has 1 aromatic rings. The number of hydrogen-bond donors (Lipinski definition) is 1. The Morgan fingerprint density at radius 1 is 1.42 bits per heavy atom. The lowest BCUT2D eigenvalue weighted by molar-refractivity contribution is 0.919. The molecule has 0 atom stereocenters. The van der Waals surface area contributed by atoms with Crippen LogP contribution < -0.4 is 5.32 Å². The molecule has 1 nitrogen and oxygen atoms in total. The Labute approximate surface area is 74.8 Å². The van der Waals surface area contributed by atoms with Crippen LogP contribution in [0.25, 0.3) is 0 Å². The second-order valence-electron chi connectivity index (χ2n) is 2.84. The predicted octanol–water partition coefficient (Wildman–Crippen LogP) is 2.87. The van der Waals surface area contributed by atoms with Crippen molar-refractivity contribution in [3.05, 3.63) is 29.8 Å². The molecule has 1 aromatic carbocycles. The van der Waals surface area contributed by atoms with E-state index in [1.807, 2.05) is 12.1 Å². The standard InChI is InChI=1S/C11H16N/c1-3-7-10-8-5-6-9-11(10)12-4-2/h5-6,9,12H,3-4,7H2,1-2H3. The third-order valence-corrected chi connectivity index (χ3v) is 1.81. The lowest BCUT2D eigenvalue weighted by atomic mass is 10.1. The molecule has 1 heteroatoms. The van der Waals surface area contributed by atoms with E-state index in [0.717, 1.165) is 13.0 Å². The number of benzene rings is 1. The first kappa shape index (κ1) is 9.11. The van der Waals surface area contributed by atoms with E-state index in [1.165, 1.54) is 17.7 Å². The molecule has 0 amide bonds. The zero-order valence-electron chi connectivity index (χ0n) is 7.85. The fourth-order valence-corrected chi connectivity index (χ4v) is 1.28. The molecule has 12 heavy (non-hydrogen) atoms. The smallest absolute Gasteiger partial charge is 0.0378 e. The van der Waals surface area contributed by atoms with Crippen molar-refractivity contribution in [2.45, 2.75) is 26.7 Å². The highest BCUT2D eigenvalue weighted by molar-refractivity contribution is 5.50. The van der Waals surface area contributed by atoms with Gasteiger partial charge in [-0.2, -0.15) is 0 Å². The van der Waals surface area contributed by atoms with E-state index >= 15 is 0 Å². The van der Waals surface area contributed by atoms with Crippen LogP contribution in [0.1, 0.15) is 25.8 Å². The van der Waals surface area contributed by atoms with Crippen LogP contribution in [0.15, 0.2) is 18.2 Å². The van der Waals surface area contributed by atoms with Crippen molar-refractivity contribution in [3.8, 4) is 0 Å². The van der Waals surface area contributed by atoms with Gasteiger partial charge in [0.2, 0.25) is 0 Å². The molecule has 0 saturated carbocycles. The van der Waals surface area contributed by atoms with Gasteiger partial charge in [-0.3, -0.25) is 0 Å². The molecule has 0 aliphatic rings. The van der Waals surface area contributed by atoms with Crippen molar-refractivity contribution in [3.63, 3.8) is 0 Å². The van der Waals surface area contributed by atoms with E-state index in [-0.39, 0.29) is 0 Å². The van der Waals surface area contributed by atoms with Crippen molar-refractivity contribution in [2.24, 2.45) is 0 Å². The molecule has 0 bridgehead atoms. The van der Waals surface area contributed by atoms with Crippen molar-refractivity contribution >= 4 is 5.69 Å². The van der Waals surface area contributed by atoms with Crippen LogP contribution in [0, 0.1) is 6.07 Å². The number of rotatable bonds is 4. The second-order valence-corrected chi connectivity index (χ2v) is 2.84. The van der Waals surface area contributed by atoms with Crippen molar-refractivity contribution < 1.29 is 0 Å². The zero-order chi connectivity index (χ0) is 8.81. The molecular weight excluding hydrogens is 146 g/mol. The van der Waals surface area contributed by atoms with Gasteiger partial charge in [0, 0.05) is 12.2 Å². The van der Waals surface area contributed by atoms with Gasteiger partial charge < -0.3 is 5.32 Å². The molecule has 0 fully saturated rings. The quantitative estimate of drug-likeness (QED) is 0.717. The summed E-state index contributed by atoms with van der Waals surface area (Å²) in [5.41, 5.74) is 2.55. The van der Waals surface area contributed by atoms with E-state index in [2.05, 4.69) is 31.3 Å². The van der Waals surface area contributed by atoms with Crippen LogP contribution in [0.2, 0.25) is 0 Å². The summed E-state index contributed by atoms with van der Waals surface area (Å²) in [6, 6.07) is 9.38. The predicted molar refractivity (Wildman–Crippen MR) is 53.4 cm³/mol. The Balaban J connectivity index is 2.77. The van der Waals surface area contributed by atoms with Crippen molar-refractivity contribution in [1.82, 2.24) is 0 Å². The van der Waals surface area contributed by atoms with Crippen LogP contribution in [0.4, 0.5) is 5.69 Å². The molecule has 0 saturated heterocycles. The lowest BCUT2D eigenvalue weighted by Gasteiger charge is -2.08. The molecule has 0 heterocycles. The first-order valence-electron chi connectivity index (χ1n) is 4.62. The summed E-state index contributed by atoms with van der Waals surface area (Å²) < 4.78 is 0. The van der Waals surface area contributed by atoms with Crippen molar-refractivity contribution in [2.75, 3.05) is 11.9 Å². The summed E-state index contributed by atoms with van der Waals surface area (Å²) >= 11 is 0. The summed E-state index contributed by atoms with van der Waals surface area (Å²) in [5, 5.41) is 3.33. The van der Waals surface area contributed by atoms with Gasteiger partial charge in [0.25, 0.3) is 0 Å². The number of aryl methyl sites for hydroxylation is 1. The third-order valence-electron chi connectivity index (χ3n) is 1.81. The largest absolute Gasteiger partial charge is 0.385 e. The molecule has 1 radical (unpaired) electrons. The summed E-state index contributed by atoms with van der Waals surface area (Å²) in [4.78, 5) is 0. The van der Waals surface area contributed by atoms with Crippen LogP contribution in [-0.4, -0.2) is 6.54 Å². The average molecular weight is 162 g/mol. The van der Waals surface area contributed by atoms with Gasteiger partial charge >= 0.3 is 0 Å². The van der Waals surface area contributed by atoms with Gasteiger partial charge in [0.15, 0.2) is 0 Å². The van der Waals surface area contributed by atoms with E-state index in [4.69, 9.17) is 0 Å². The van der Waals surface area contributed by atoms with Gasteiger partial charge in [-0.25, -0.2) is 0 Å². The van der Waals surface area contributed by atoms with E-state index in [0.29, 0.717) is 0 Å². The topological polar surface area (TPSA) is 12.0 Å². The Hall–Kier alpha value is -0.980. The maximum absolute atomic E-state index is 3.33. The van der Waals surface area contributed by atoms with Crippen LogP contribution >= 0.6 is 0 Å². The van der Waals surface area contributed by atoms with Crippen LogP contribution in [0.3, 0.4) is 0 Å². The molecule has 0 unspecified atom stereocenters. The molecule has 65 valence electrons. The summed E-state index contributed by atoms with van der Waals surface area (Å²) in [6.07, 6.45) is 2.29. The maximum atomic E-state index is 3.33. The molecular formula is C11H16N. The van der Waals surface area contributed by atoms with E-state index in [1.54, 1.807) is 0 Å². The summed E-state index contributed by atoms with van der Waals surface area (Å²) in [5.74, 6) is 0. The summed E-state index contributed by atoms with van der Waals surface area (Å²) in [7, 11) is 0. The number of nitrogens with one attached hydrogen (secondary N) is 1. The second kappa shape index (κ2) is 4.81. The van der Waals surface area contributed by atoms with Gasteiger partial charge in [-0.15, -0.1) is 0 Å². The van der Waals surface area contributed by atoms with Gasteiger partial charge in [-0.1, -0.05) is 25.5 Å². The Morgan fingerprint density at radius 2 is 2.25 bits per heavy atom. The highest BCUT2D eigenvalue weighted by Gasteiger charge is 1.97. The van der Waals surface area contributed by atoms with Gasteiger partial charge in [0.05, 0.1) is 0 Å². The molecule has 0 spiro atoms. The monoisotopic (exact) mass is 162 g/mol. The Morgan fingerprint density at radius 3 is 2.92 bits per heavy atom. The SMILES string of the molecule is CCCc1[c]cccc1NCC. The fraction of sp³-hybridized carbons (Fsp3) is 0.455. The van der Waals surface area contributed by atoms with Crippen LogP contribution in [-0.2, 0) is 6.42 Å². The number of anilines is 1.